The van der Waals surface area contributed by atoms with Crippen LogP contribution in [0.2, 0.25) is 0 Å². The second-order valence-corrected chi connectivity index (χ2v) is 10.2. The van der Waals surface area contributed by atoms with Crippen molar-refractivity contribution in [2.75, 3.05) is 0 Å². The van der Waals surface area contributed by atoms with Gasteiger partial charge >= 0.3 is 0 Å². The fourth-order valence-corrected chi connectivity index (χ4v) is 5.77. The van der Waals surface area contributed by atoms with Crippen LogP contribution in [0.25, 0.3) is 27.8 Å². The molecule has 170 valence electrons. The first-order chi connectivity index (χ1) is 17.2. The molecule has 0 bridgehead atoms. The number of fused-ring (bicyclic) bond motifs is 3. The molecule has 0 atom stereocenters. The first-order valence-corrected chi connectivity index (χ1v) is 12.3. The van der Waals surface area contributed by atoms with Crippen LogP contribution in [0.1, 0.15) is 52.9 Å². The van der Waals surface area contributed by atoms with E-state index in [1.807, 2.05) is 35.6 Å². The molecule has 2 saturated carbocycles. The Hall–Kier alpha value is -4.06. The zero-order valence-corrected chi connectivity index (χ0v) is 19.2. The maximum atomic E-state index is 12.7. The molecular weight excluding hydrogens is 434 g/mol. The van der Waals surface area contributed by atoms with E-state index in [4.69, 9.17) is 0 Å². The van der Waals surface area contributed by atoms with Crippen molar-refractivity contribution in [2.24, 2.45) is 0 Å². The number of hydrogen-bond donors (Lipinski definition) is 0. The van der Waals surface area contributed by atoms with Crippen LogP contribution >= 0.6 is 0 Å². The topological polar surface area (TPSA) is 63.4 Å². The second kappa shape index (κ2) is 6.75. The molecule has 4 heterocycles. The van der Waals surface area contributed by atoms with Crippen LogP contribution in [-0.4, -0.2) is 36.2 Å². The summed E-state index contributed by atoms with van der Waals surface area (Å²) in [6.07, 6.45) is 12.3. The van der Waals surface area contributed by atoms with Gasteiger partial charge in [-0.25, -0.2) is 9.97 Å². The summed E-state index contributed by atoms with van der Waals surface area (Å²) in [5.41, 5.74) is 7.56. The van der Waals surface area contributed by atoms with E-state index in [-0.39, 0.29) is 11.3 Å². The molecule has 3 aromatic heterocycles. The van der Waals surface area contributed by atoms with E-state index in [1.54, 1.807) is 0 Å². The molecule has 2 aromatic carbocycles. The highest BCUT2D eigenvalue weighted by molar-refractivity contribution is 5.99. The van der Waals surface area contributed by atoms with Gasteiger partial charge in [0.2, 0.25) is 5.78 Å². The van der Waals surface area contributed by atoms with Crippen molar-refractivity contribution in [1.29, 1.82) is 0 Å². The Kier molecular flexibility index (Phi) is 3.72. The van der Waals surface area contributed by atoms with Gasteiger partial charge in [-0.1, -0.05) is 18.2 Å². The molecule has 35 heavy (non-hydrogen) atoms. The average molecular weight is 458 g/mol. The second-order valence-electron chi connectivity index (χ2n) is 10.2. The monoisotopic (exact) mass is 457 g/mol. The highest BCUT2D eigenvalue weighted by Crippen LogP contribution is 2.53. The first-order valence-electron chi connectivity index (χ1n) is 12.3. The SMILES string of the molecule is O=C1c2ccc(-c3cnc4ncc(C5(c6ccc7ncccc7c6)CC5)n4c3)cc2CN1C1CC1. The lowest BCUT2D eigenvalue weighted by atomic mass is 9.91. The van der Waals surface area contributed by atoms with Crippen LogP contribution < -0.4 is 0 Å². The van der Waals surface area contributed by atoms with Gasteiger partial charge in [-0.15, -0.1) is 0 Å². The van der Waals surface area contributed by atoms with Crippen molar-refractivity contribution in [3.8, 4) is 11.1 Å². The molecule has 0 spiro atoms. The van der Waals surface area contributed by atoms with Crippen molar-refractivity contribution in [3.05, 3.63) is 95.7 Å². The maximum Gasteiger partial charge on any atom is 0.254 e. The molecule has 0 unspecified atom stereocenters. The molecule has 6 heteroatoms. The Morgan fingerprint density at radius 2 is 1.80 bits per heavy atom. The quantitative estimate of drug-likeness (QED) is 0.375. The van der Waals surface area contributed by atoms with Gasteiger partial charge in [0, 0.05) is 53.1 Å². The fraction of sp³-hybridized carbons (Fsp3) is 0.241. The Bertz CT molecular complexity index is 1680. The largest absolute Gasteiger partial charge is 0.331 e. The Labute approximate surface area is 202 Å². The van der Waals surface area contributed by atoms with Crippen molar-refractivity contribution >= 4 is 22.6 Å². The van der Waals surface area contributed by atoms with Crippen LogP contribution in [0, 0.1) is 0 Å². The fourth-order valence-electron chi connectivity index (χ4n) is 5.77. The number of aromatic nitrogens is 4. The summed E-state index contributed by atoms with van der Waals surface area (Å²) in [5, 5.41) is 1.16. The van der Waals surface area contributed by atoms with Crippen LogP contribution in [0.3, 0.4) is 0 Å². The first kappa shape index (κ1) is 19.3. The van der Waals surface area contributed by atoms with E-state index in [9.17, 15) is 4.79 Å². The molecule has 1 aliphatic heterocycles. The molecule has 2 fully saturated rings. The zero-order valence-electron chi connectivity index (χ0n) is 19.2. The van der Waals surface area contributed by atoms with Crippen molar-refractivity contribution < 1.29 is 4.79 Å². The zero-order chi connectivity index (χ0) is 23.1. The van der Waals surface area contributed by atoms with Crippen molar-refractivity contribution in [1.82, 2.24) is 24.3 Å². The van der Waals surface area contributed by atoms with Gasteiger partial charge in [-0.2, -0.15) is 0 Å². The normalized spacial score (nSPS) is 18.4. The molecule has 2 aliphatic carbocycles. The minimum Gasteiger partial charge on any atom is -0.331 e. The third kappa shape index (κ3) is 2.83. The highest BCUT2D eigenvalue weighted by Gasteiger charge is 2.48. The number of nitrogens with zero attached hydrogens (tertiary/aromatic N) is 5. The van der Waals surface area contributed by atoms with Gasteiger partial charge in [0.05, 0.1) is 17.4 Å². The number of imidazole rings is 1. The Morgan fingerprint density at radius 3 is 2.66 bits per heavy atom. The number of carbonyl (C=O) groups excluding carboxylic acids is 1. The molecule has 6 nitrogen and oxygen atoms in total. The number of hydrogen-bond acceptors (Lipinski definition) is 4. The standard InChI is InChI=1S/C29H23N5O/c35-27-24-7-3-18(12-20(24)16-33(27)23-5-6-23)21-14-31-28-32-15-26(34(28)17-21)29(9-10-29)22-4-8-25-19(13-22)2-1-11-30-25/h1-4,7-8,11-15,17,23H,5-6,9-10,16H2. The van der Waals surface area contributed by atoms with Crippen LogP contribution in [-0.2, 0) is 12.0 Å². The Morgan fingerprint density at radius 1 is 0.914 bits per heavy atom. The lowest BCUT2D eigenvalue weighted by Crippen LogP contribution is -2.25. The highest BCUT2D eigenvalue weighted by atomic mass is 16.2. The summed E-state index contributed by atoms with van der Waals surface area (Å²) in [7, 11) is 0. The summed E-state index contributed by atoms with van der Waals surface area (Å²) >= 11 is 0. The van der Waals surface area contributed by atoms with Gasteiger partial charge in [-0.05, 0) is 72.7 Å². The summed E-state index contributed by atoms with van der Waals surface area (Å²) in [6.45, 7) is 0.721. The molecule has 8 rings (SSSR count). The number of carbonyl (C=O) groups is 1. The average Bonchev–Trinajstić information content (AvgIpc) is 3.83. The smallest absolute Gasteiger partial charge is 0.254 e. The molecule has 0 saturated heterocycles. The predicted molar refractivity (Wildman–Crippen MR) is 133 cm³/mol. The van der Waals surface area contributed by atoms with Crippen LogP contribution in [0.5, 0.6) is 0 Å². The van der Waals surface area contributed by atoms with Gasteiger partial charge in [-0.3, -0.25) is 14.2 Å². The molecular formula is C29H23N5O. The Balaban J connectivity index is 1.20. The lowest BCUT2D eigenvalue weighted by molar-refractivity contribution is 0.0766. The molecule has 3 aliphatic rings. The van der Waals surface area contributed by atoms with Crippen LogP contribution in [0.4, 0.5) is 0 Å². The lowest BCUT2D eigenvalue weighted by Gasteiger charge is -2.17. The van der Waals surface area contributed by atoms with E-state index >= 15 is 0 Å². The van der Waals surface area contributed by atoms with Crippen molar-refractivity contribution in [3.63, 3.8) is 0 Å². The van der Waals surface area contributed by atoms with Gasteiger partial charge in [0.25, 0.3) is 5.91 Å². The van der Waals surface area contributed by atoms with E-state index in [2.05, 4.69) is 61.9 Å². The molecule has 0 N–H and O–H groups in total. The number of pyridine rings is 1. The maximum absolute atomic E-state index is 12.7. The number of rotatable bonds is 4. The third-order valence-corrected chi connectivity index (χ3v) is 8.02. The number of benzene rings is 2. The van der Waals surface area contributed by atoms with E-state index in [0.29, 0.717) is 11.8 Å². The van der Waals surface area contributed by atoms with Crippen molar-refractivity contribution in [2.45, 2.75) is 43.7 Å². The van der Waals surface area contributed by atoms with Crippen LogP contribution in [0.15, 0.2) is 73.3 Å². The molecule has 1 amide bonds. The third-order valence-electron chi connectivity index (χ3n) is 8.02. The minimum absolute atomic E-state index is 0.0428. The minimum atomic E-state index is -0.0428. The van der Waals surface area contributed by atoms with E-state index in [0.717, 1.165) is 65.4 Å². The summed E-state index contributed by atoms with van der Waals surface area (Å²) in [4.78, 5) is 28.6. The van der Waals surface area contributed by atoms with E-state index < -0.39 is 0 Å². The predicted octanol–water partition coefficient (Wildman–Crippen LogP) is 5.14. The number of amides is 1. The summed E-state index contributed by atoms with van der Waals surface area (Å²) in [6, 6.07) is 17.4. The summed E-state index contributed by atoms with van der Waals surface area (Å²) in [5.74, 6) is 0.898. The molecule has 5 aromatic rings. The van der Waals surface area contributed by atoms with Gasteiger partial charge in [0.15, 0.2) is 0 Å². The van der Waals surface area contributed by atoms with Gasteiger partial charge < -0.3 is 4.90 Å². The van der Waals surface area contributed by atoms with Gasteiger partial charge in [0.1, 0.15) is 0 Å². The van der Waals surface area contributed by atoms with E-state index in [1.165, 1.54) is 11.3 Å². The summed E-state index contributed by atoms with van der Waals surface area (Å²) < 4.78 is 2.16. The molecule has 0 radical (unpaired) electrons.